The Morgan fingerprint density at radius 3 is 2.85 bits per heavy atom. The first-order chi connectivity index (χ1) is 12.6. The lowest BCUT2D eigenvalue weighted by atomic mass is 9.93. The number of para-hydroxylation sites is 1. The molecule has 2 heterocycles. The molecule has 0 saturated heterocycles. The zero-order valence-corrected chi connectivity index (χ0v) is 15.1. The number of allylic oxidation sites excluding steroid dienone is 4. The van der Waals surface area contributed by atoms with Crippen LogP contribution in [0, 0.1) is 0 Å². The summed E-state index contributed by atoms with van der Waals surface area (Å²) in [6.45, 7) is 1.81. The van der Waals surface area contributed by atoms with E-state index in [9.17, 15) is 4.39 Å². The molecule has 26 heavy (non-hydrogen) atoms. The van der Waals surface area contributed by atoms with E-state index in [4.69, 9.17) is 9.97 Å². The van der Waals surface area contributed by atoms with Gasteiger partial charge in [-0.2, -0.15) is 0 Å². The topological polar surface area (TPSA) is 30.7 Å². The van der Waals surface area contributed by atoms with Crippen LogP contribution in [-0.4, -0.2) is 14.5 Å². The summed E-state index contributed by atoms with van der Waals surface area (Å²) in [5, 5.41) is 1.15. The molecule has 1 unspecified atom stereocenters. The van der Waals surface area contributed by atoms with Crippen molar-refractivity contribution in [1.29, 1.82) is 0 Å². The molecule has 0 fully saturated rings. The Morgan fingerprint density at radius 1 is 1.12 bits per heavy atom. The van der Waals surface area contributed by atoms with E-state index in [1.54, 1.807) is 0 Å². The molecule has 1 aliphatic rings. The summed E-state index contributed by atoms with van der Waals surface area (Å²) in [4.78, 5) is 9.45. The van der Waals surface area contributed by atoms with Gasteiger partial charge in [-0.05, 0) is 37.5 Å². The second-order valence-electron chi connectivity index (χ2n) is 6.91. The van der Waals surface area contributed by atoms with E-state index in [2.05, 4.69) is 18.2 Å². The standard InChI is InChI=1S/C22H22FN3/c1-15-6-5-8-18(22(15)23)20-14-26(2)21(25-20)13-12-17-11-10-16-7-3-4-9-19(16)24-17/h3-7,9-11,14,18H,8,12-13H2,1-2H3. The van der Waals surface area contributed by atoms with Crippen LogP contribution in [0.25, 0.3) is 10.9 Å². The van der Waals surface area contributed by atoms with E-state index < -0.39 is 0 Å². The molecule has 0 N–H and O–H groups in total. The maximum atomic E-state index is 14.4. The highest BCUT2D eigenvalue weighted by Gasteiger charge is 2.23. The summed E-state index contributed by atoms with van der Waals surface area (Å²) in [6.07, 6.45) is 8.11. The van der Waals surface area contributed by atoms with E-state index in [-0.39, 0.29) is 11.7 Å². The molecule has 0 amide bonds. The number of pyridine rings is 1. The van der Waals surface area contributed by atoms with Crippen LogP contribution < -0.4 is 0 Å². The second kappa shape index (κ2) is 6.87. The smallest absolute Gasteiger partial charge is 0.112 e. The summed E-state index contributed by atoms with van der Waals surface area (Å²) in [5.74, 6) is 0.655. The number of imidazole rings is 1. The predicted molar refractivity (Wildman–Crippen MR) is 103 cm³/mol. The third-order valence-electron chi connectivity index (χ3n) is 5.03. The number of halogens is 1. The first-order valence-corrected chi connectivity index (χ1v) is 9.01. The van der Waals surface area contributed by atoms with Gasteiger partial charge >= 0.3 is 0 Å². The van der Waals surface area contributed by atoms with E-state index in [1.165, 1.54) is 0 Å². The number of fused-ring (bicyclic) bond motifs is 1. The van der Waals surface area contributed by atoms with Gasteiger partial charge in [-0.1, -0.05) is 36.4 Å². The molecule has 1 aliphatic carbocycles. The summed E-state index contributed by atoms with van der Waals surface area (Å²) in [7, 11) is 1.98. The van der Waals surface area contributed by atoms with Gasteiger partial charge in [0.25, 0.3) is 0 Å². The van der Waals surface area contributed by atoms with Gasteiger partial charge in [0.2, 0.25) is 0 Å². The zero-order chi connectivity index (χ0) is 18.1. The van der Waals surface area contributed by atoms with Crippen LogP contribution in [0.2, 0.25) is 0 Å². The fraction of sp³-hybridized carbons (Fsp3) is 0.273. The Kier molecular flexibility index (Phi) is 4.41. The average molecular weight is 347 g/mol. The van der Waals surface area contributed by atoms with Crippen molar-refractivity contribution >= 4 is 10.9 Å². The number of hydrogen-bond acceptors (Lipinski definition) is 2. The maximum absolute atomic E-state index is 14.4. The van der Waals surface area contributed by atoms with Crippen molar-refractivity contribution in [1.82, 2.24) is 14.5 Å². The number of aryl methyl sites for hydroxylation is 3. The monoisotopic (exact) mass is 347 g/mol. The van der Waals surface area contributed by atoms with E-state index in [0.29, 0.717) is 12.0 Å². The molecule has 132 valence electrons. The van der Waals surface area contributed by atoms with Crippen LogP contribution in [0.15, 0.2) is 66.1 Å². The maximum Gasteiger partial charge on any atom is 0.112 e. The van der Waals surface area contributed by atoms with E-state index in [0.717, 1.165) is 41.0 Å². The van der Waals surface area contributed by atoms with Gasteiger partial charge in [0.15, 0.2) is 0 Å². The minimum absolute atomic E-state index is 0.0617. The summed E-state index contributed by atoms with van der Waals surface area (Å²) < 4.78 is 16.4. The Morgan fingerprint density at radius 2 is 1.96 bits per heavy atom. The van der Waals surface area contributed by atoms with Crippen molar-refractivity contribution in [2.24, 2.45) is 7.05 Å². The van der Waals surface area contributed by atoms with Crippen molar-refractivity contribution in [2.45, 2.75) is 32.1 Å². The molecule has 0 aliphatic heterocycles. The van der Waals surface area contributed by atoms with E-state index >= 15 is 0 Å². The Bertz CT molecular complexity index is 1010. The van der Waals surface area contributed by atoms with Crippen LogP contribution >= 0.6 is 0 Å². The number of rotatable bonds is 4. The van der Waals surface area contributed by atoms with Crippen molar-refractivity contribution < 1.29 is 4.39 Å². The molecule has 0 saturated carbocycles. The Labute approximate surface area is 152 Å². The highest BCUT2D eigenvalue weighted by molar-refractivity contribution is 5.78. The molecule has 3 nitrogen and oxygen atoms in total. The molecule has 2 aromatic heterocycles. The molecule has 0 radical (unpaired) electrons. The van der Waals surface area contributed by atoms with Crippen LogP contribution in [-0.2, 0) is 19.9 Å². The first-order valence-electron chi connectivity index (χ1n) is 9.01. The van der Waals surface area contributed by atoms with Gasteiger partial charge in [0.1, 0.15) is 11.7 Å². The number of benzene rings is 1. The van der Waals surface area contributed by atoms with Crippen molar-refractivity contribution in [3.05, 3.63) is 83.4 Å². The van der Waals surface area contributed by atoms with E-state index in [1.807, 2.05) is 55.1 Å². The van der Waals surface area contributed by atoms with Crippen molar-refractivity contribution in [3.63, 3.8) is 0 Å². The summed E-state index contributed by atoms with van der Waals surface area (Å²) in [6, 6.07) is 12.3. The molecule has 4 rings (SSSR count). The number of nitrogens with zero attached hydrogens (tertiary/aromatic N) is 3. The molecule has 4 heteroatoms. The lowest BCUT2D eigenvalue weighted by molar-refractivity contribution is 0.526. The van der Waals surface area contributed by atoms with Gasteiger partial charge < -0.3 is 4.57 Å². The van der Waals surface area contributed by atoms with Gasteiger partial charge in [-0.3, -0.25) is 4.98 Å². The van der Waals surface area contributed by atoms with Crippen LogP contribution in [0.1, 0.15) is 36.5 Å². The van der Waals surface area contributed by atoms with Crippen LogP contribution in [0.4, 0.5) is 4.39 Å². The molecule has 0 spiro atoms. The third-order valence-corrected chi connectivity index (χ3v) is 5.03. The number of aromatic nitrogens is 3. The molecule has 0 bridgehead atoms. The van der Waals surface area contributed by atoms with Gasteiger partial charge in [0, 0.05) is 30.7 Å². The van der Waals surface area contributed by atoms with Crippen molar-refractivity contribution in [2.75, 3.05) is 0 Å². The van der Waals surface area contributed by atoms with Crippen molar-refractivity contribution in [3.8, 4) is 0 Å². The third kappa shape index (κ3) is 3.19. The lowest BCUT2D eigenvalue weighted by Crippen LogP contribution is -2.04. The minimum atomic E-state index is -0.251. The van der Waals surface area contributed by atoms with Crippen LogP contribution in [0.3, 0.4) is 0 Å². The lowest BCUT2D eigenvalue weighted by Gasteiger charge is -2.15. The summed E-state index contributed by atoms with van der Waals surface area (Å²) in [5.41, 5.74) is 3.59. The normalized spacial score (nSPS) is 17.3. The Balaban J connectivity index is 1.52. The molecular weight excluding hydrogens is 325 g/mol. The van der Waals surface area contributed by atoms with Gasteiger partial charge in [-0.15, -0.1) is 0 Å². The highest BCUT2D eigenvalue weighted by Crippen LogP contribution is 2.34. The molecular formula is C22H22FN3. The summed E-state index contributed by atoms with van der Waals surface area (Å²) >= 11 is 0. The minimum Gasteiger partial charge on any atom is -0.338 e. The highest BCUT2D eigenvalue weighted by atomic mass is 19.1. The molecule has 1 aromatic carbocycles. The Hall–Kier alpha value is -2.75. The number of hydrogen-bond donors (Lipinski definition) is 0. The second-order valence-corrected chi connectivity index (χ2v) is 6.91. The van der Waals surface area contributed by atoms with Gasteiger partial charge in [-0.25, -0.2) is 9.37 Å². The fourth-order valence-electron chi connectivity index (χ4n) is 3.51. The zero-order valence-electron chi connectivity index (χ0n) is 15.1. The SMILES string of the molecule is CC1=C(F)C(c2cn(C)c(CCc3ccc4ccccc4n3)n2)CC=C1. The quantitative estimate of drug-likeness (QED) is 0.662. The fourth-order valence-corrected chi connectivity index (χ4v) is 3.51. The van der Waals surface area contributed by atoms with Gasteiger partial charge in [0.05, 0.1) is 17.1 Å². The average Bonchev–Trinajstić information content (AvgIpc) is 3.02. The predicted octanol–water partition coefficient (Wildman–Crippen LogP) is 5.04. The molecule has 3 aromatic rings. The van der Waals surface area contributed by atoms with Crippen LogP contribution in [0.5, 0.6) is 0 Å². The largest absolute Gasteiger partial charge is 0.338 e. The first kappa shape index (κ1) is 16.7. The molecule has 1 atom stereocenters.